The van der Waals surface area contributed by atoms with Crippen LogP contribution in [0.5, 0.6) is 5.75 Å². The summed E-state index contributed by atoms with van der Waals surface area (Å²) in [5.41, 5.74) is 0.645. The van der Waals surface area contributed by atoms with Crippen LogP contribution in [0.2, 0.25) is 5.02 Å². The molecule has 0 atom stereocenters. The van der Waals surface area contributed by atoms with Crippen molar-refractivity contribution in [1.82, 2.24) is 0 Å². The van der Waals surface area contributed by atoms with Gasteiger partial charge in [0, 0.05) is 5.92 Å². The third-order valence-electron chi connectivity index (χ3n) is 2.90. The van der Waals surface area contributed by atoms with Crippen LogP contribution in [0.25, 0.3) is 0 Å². The molecule has 0 bridgehead atoms. The summed E-state index contributed by atoms with van der Waals surface area (Å²) >= 11 is 5.96. The van der Waals surface area contributed by atoms with E-state index in [-0.39, 0.29) is 11.8 Å². The van der Waals surface area contributed by atoms with Gasteiger partial charge in [-0.1, -0.05) is 24.1 Å². The van der Waals surface area contributed by atoms with Crippen LogP contribution >= 0.6 is 11.6 Å². The molecule has 1 aliphatic rings. The number of ether oxygens (including phenoxy) is 1. The van der Waals surface area contributed by atoms with Gasteiger partial charge in [0.1, 0.15) is 0 Å². The quantitative estimate of drug-likeness (QED) is 0.880. The molecule has 0 saturated heterocycles. The molecule has 0 aliphatic heterocycles. The van der Waals surface area contributed by atoms with Gasteiger partial charge in [0.25, 0.3) is 0 Å². The highest BCUT2D eigenvalue weighted by Crippen LogP contribution is 2.34. The first kappa shape index (κ1) is 11.3. The van der Waals surface area contributed by atoms with Gasteiger partial charge in [0.15, 0.2) is 5.75 Å². The van der Waals surface area contributed by atoms with Crippen LogP contribution < -0.4 is 10.1 Å². The summed E-state index contributed by atoms with van der Waals surface area (Å²) in [6.07, 6.45) is 3.11. The Morgan fingerprint density at radius 2 is 2.25 bits per heavy atom. The number of nitrogens with one attached hydrogen (secondary N) is 1. The highest BCUT2D eigenvalue weighted by molar-refractivity contribution is 6.32. The molecule has 16 heavy (non-hydrogen) atoms. The lowest BCUT2D eigenvalue weighted by atomic mass is 9.85. The number of hydrogen-bond acceptors (Lipinski definition) is 2. The molecule has 0 heterocycles. The van der Waals surface area contributed by atoms with Gasteiger partial charge in [0.2, 0.25) is 5.91 Å². The number of hydrogen-bond donors (Lipinski definition) is 1. The van der Waals surface area contributed by atoms with E-state index < -0.39 is 0 Å². The summed E-state index contributed by atoms with van der Waals surface area (Å²) in [5, 5.41) is 3.36. The molecule has 3 nitrogen and oxygen atoms in total. The summed E-state index contributed by atoms with van der Waals surface area (Å²) in [5.74, 6) is 0.743. The minimum atomic E-state index is 0.0619. The summed E-state index contributed by atoms with van der Waals surface area (Å²) in [6, 6.07) is 5.32. The lowest BCUT2D eigenvalue weighted by molar-refractivity contribution is -0.122. The van der Waals surface area contributed by atoms with Gasteiger partial charge in [-0.15, -0.1) is 0 Å². The summed E-state index contributed by atoms with van der Waals surface area (Å²) < 4.78 is 5.16. The van der Waals surface area contributed by atoms with Crippen LogP contribution in [0.4, 0.5) is 5.69 Å². The lowest BCUT2D eigenvalue weighted by Gasteiger charge is -2.24. The van der Waals surface area contributed by atoms with E-state index in [4.69, 9.17) is 16.3 Å². The molecule has 1 aromatic rings. The molecule has 1 fully saturated rings. The Labute approximate surface area is 99.7 Å². The molecule has 1 saturated carbocycles. The molecule has 4 heteroatoms. The maximum absolute atomic E-state index is 11.8. The first-order valence-corrected chi connectivity index (χ1v) is 5.73. The Balaban J connectivity index is 2.13. The fourth-order valence-corrected chi connectivity index (χ4v) is 1.97. The van der Waals surface area contributed by atoms with Crippen molar-refractivity contribution in [3.8, 4) is 5.75 Å². The zero-order valence-corrected chi connectivity index (χ0v) is 9.88. The smallest absolute Gasteiger partial charge is 0.227 e. The van der Waals surface area contributed by atoms with Gasteiger partial charge < -0.3 is 10.1 Å². The Morgan fingerprint density at radius 1 is 1.50 bits per heavy atom. The SMILES string of the molecule is COc1c(Cl)cccc1NC(=O)C1CCC1. The number of amides is 1. The zero-order chi connectivity index (χ0) is 11.5. The van der Waals surface area contributed by atoms with Gasteiger partial charge in [-0.2, -0.15) is 0 Å². The predicted octanol–water partition coefficient (Wildman–Crippen LogP) is 3.09. The number of benzene rings is 1. The van der Waals surface area contributed by atoms with Crippen LogP contribution in [0.1, 0.15) is 19.3 Å². The minimum absolute atomic E-state index is 0.0619. The molecule has 1 aliphatic carbocycles. The second-order valence-electron chi connectivity index (χ2n) is 3.94. The van der Waals surface area contributed by atoms with E-state index in [9.17, 15) is 4.79 Å². The monoisotopic (exact) mass is 239 g/mol. The van der Waals surface area contributed by atoms with Gasteiger partial charge in [-0.25, -0.2) is 0 Å². The van der Waals surface area contributed by atoms with E-state index in [1.807, 2.05) is 0 Å². The van der Waals surface area contributed by atoms with E-state index in [2.05, 4.69) is 5.32 Å². The molecule has 2 rings (SSSR count). The molecule has 0 unspecified atom stereocenters. The maximum Gasteiger partial charge on any atom is 0.227 e. The third kappa shape index (κ3) is 2.14. The molecular formula is C12H14ClNO2. The largest absolute Gasteiger partial charge is 0.493 e. The van der Waals surface area contributed by atoms with Crippen molar-refractivity contribution in [1.29, 1.82) is 0 Å². The average molecular weight is 240 g/mol. The van der Waals surface area contributed by atoms with Crippen molar-refractivity contribution in [3.63, 3.8) is 0 Å². The molecule has 0 radical (unpaired) electrons. The number of rotatable bonds is 3. The van der Waals surface area contributed by atoms with Crippen LogP contribution in [0, 0.1) is 5.92 Å². The molecule has 0 spiro atoms. The minimum Gasteiger partial charge on any atom is -0.493 e. The molecule has 1 aromatic carbocycles. The first-order valence-electron chi connectivity index (χ1n) is 5.35. The number of para-hydroxylation sites is 1. The van der Waals surface area contributed by atoms with E-state index >= 15 is 0 Å². The second-order valence-corrected chi connectivity index (χ2v) is 4.34. The van der Waals surface area contributed by atoms with Crippen molar-refractivity contribution < 1.29 is 9.53 Å². The van der Waals surface area contributed by atoms with Crippen molar-refractivity contribution in [3.05, 3.63) is 23.2 Å². The summed E-state index contributed by atoms with van der Waals surface area (Å²) in [7, 11) is 1.54. The predicted molar refractivity (Wildman–Crippen MR) is 64.0 cm³/mol. The number of carbonyl (C=O) groups excluding carboxylic acids is 1. The van der Waals surface area contributed by atoms with Crippen LogP contribution in [0.15, 0.2) is 18.2 Å². The van der Waals surface area contributed by atoms with Crippen molar-refractivity contribution in [2.24, 2.45) is 5.92 Å². The van der Waals surface area contributed by atoms with Gasteiger partial charge >= 0.3 is 0 Å². The Bertz CT molecular complexity index is 402. The molecule has 1 amide bonds. The Morgan fingerprint density at radius 3 is 2.81 bits per heavy atom. The normalized spacial score (nSPS) is 15.4. The molecule has 86 valence electrons. The third-order valence-corrected chi connectivity index (χ3v) is 3.20. The number of methoxy groups -OCH3 is 1. The van der Waals surface area contributed by atoms with Gasteiger partial charge in [0.05, 0.1) is 17.8 Å². The summed E-state index contributed by atoms with van der Waals surface area (Å²) in [6.45, 7) is 0. The fraction of sp³-hybridized carbons (Fsp3) is 0.417. The highest BCUT2D eigenvalue weighted by atomic mass is 35.5. The van der Waals surface area contributed by atoms with E-state index in [1.165, 1.54) is 0 Å². The van der Waals surface area contributed by atoms with Crippen molar-refractivity contribution in [2.45, 2.75) is 19.3 Å². The van der Waals surface area contributed by atoms with E-state index in [0.29, 0.717) is 16.5 Å². The first-order chi connectivity index (χ1) is 7.72. The molecule has 1 N–H and O–H groups in total. The van der Waals surface area contributed by atoms with Crippen molar-refractivity contribution in [2.75, 3.05) is 12.4 Å². The van der Waals surface area contributed by atoms with Crippen LogP contribution in [-0.4, -0.2) is 13.0 Å². The number of halogens is 1. The van der Waals surface area contributed by atoms with Gasteiger partial charge in [-0.05, 0) is 25.0 Å². The lowest BCUT2D eigenvalue weighted by Crippen LogP contribution is -2.28. The number of carbonyl (C=O) groups is 1. The average Bonchev–Trinajstić information content (AvgIpc) is 2.15. The van der Waals surface area contributed by atoms with Crippen LogP contribution in [-0.2, 0) is 4.79 Å². The maximum atomic E-state index is 11.8. The molecule has 0 aromatic heterocycles. The highest BCUT2D eigenvalue weighted by Gasteiger charge is 2.25. The topological polar surface area (TPSA) is 38.3 Å². The fourth-order valence-electron chi connectivity index (χ4n) is 1.72. The van der Waals surface area contributed by atoms with Crippen molar-refractivity contribution >= 4 is 23.2 Å². The second kappa shape index (κ2) is 4.74. The Hall–Kier alpha value is -1.22. The van der Waals surface area contributed by atoms with Crippen LogP contribution in [0.3, 0.4) is 0 Å². The molecular weight excluding hydrogens is 226 g/mol. The number of anilines is 1. The van der Waals surface area contributed by atoms with Gasteiger partial charge in [-0.3, -0.25) is 4.79 Å². The zero-order valence-electron chi connectivity index (χ0n) is 9.13. The standard InChI is InChI=1S/C12H14ClNO2/c1-16-11-9(13)6-3-7-10(11)14-12(15)8-4-2-5-8/h3,6-8H,2,4-5H2,1H3,(H,14,15). The van der Waals surface area contributed by atoms with E-state index in [0.717, 1.165) is 19.3 Å². The van der Waals surface area contributed by atoms with E-state index in [1.54, 1.807) is 25.3 Å². The summed E-state index contributed by atoms with van der Waals surface area (Å²) in [4.78, 5) is 11.8. The Kier molecular flexibility index (Phi) is 3.34.